The number of rotatable bonds is 8. The van der Waals surface area contributed by atoms with Gasteiger partial charge in [-0.05, 0) is 38.5 Å². The Kier molecular flexibility index (Phi) is 6.85. The van der Waals surface area contributed by atoms with E-state index in [1.807, 2.05) is 69.3 Å². The monoisotopic (exact) mass is 397 g/mol. The number of urea groups is 1. The maximum Gasteiger partial charge on any atom is 0.320 e. The zero-order valence-corrected chi connectivity index (χ0v) is 17.0. The van der Waals surface area contributed by atoms with E-state index in [4.69, 9.17) is 9.47 Å². The Morgan fingerprint density at radius 2 is 1.72 bits per heavy atom. The molecule has 2 aromatic rings. The van der Waals surface area contributed by atoms with Crippen LogP contribution in [0, 0.1) is 6.92 Å². The molecule has 7 nitrogen and oxygen atoms in total. The molecule has 1 atom stereocenters. The summed E-state index contributed by atoms with van der Waals surface area (Å²) in [6, 6.07) is 13.7. The summed E-state index contributed by atoms with van der Waals surface area (Å²) in [7, 11) is 0. The smallest absolute Gasteiger partial charge is 0.320 e. The van der Waals surface area contributed by atoms with Gasteiger partial charge >= 0.3 is 6.03 Å². The van der Waals surface area contributed by atoms with E-state index in [-0.39, 0.29) is 12.5 Å². The van der Waals surface area contributed by atoms with Crippen molar-refractivity contribution in [2.75, 3.05) is 30.0 Å². The molecule has 7 heteroatoms. The number of nitrogens with zero attached hydrogens (tertiary/aromatic N) is 1. The molecule has 3 rings (SSSR count). The van der Waals surface area contributed by atoms with Crippen molar-refractivity contribution in [3.8, 4) is 0 Å². The summed E-state index contributed by atoms with van der Waals surface area (Å²) in [6.45, 7) is 6.89. The predicted octanol–water partition coefficient (Wildman–Crippen LogP) is 3.60. The highest BCUT2D eigenvalue weighted by atomic mass is 16.7. The van der Waals surface area contributed by atoms with Gasteiger partial charge in [-0.1, -0.05) is 36.4 Å². The third-order valence-electron chi connectivity index (χ3n) is 4.76. The number of hydrogen-bond acceptors (Lipinski definition) is 4. The summed E-state index contributed by atoms with van der Waals surface area (Å²) >= 11 is 0. The molecular weight excluding hydrogens is 370 g/mol. The second kappa shape index (κ2) is 9.54. The lowest BCUT2D eigenvalue weighted by atomic mass is 10.1. The van der Waals surface area contributed by atoms with Crippen molar-refractivity contribution >= 4 is 23.3 Å². The lowest BCUT2D eigenvalue weighted by molar-refractivity contribution is -0.135. The van der Waals surface area contributed by atoms with Gasteiger partial charge in [0.2, 0.25) is 0 Å². The summed E-state index contributed by atoms with van der Waals surface area (Å²) in [5, 5.41) is 5.62. The number of anilines is 2. The van der Waals surface area contributed by atoms with Gasteiger partial charge < -0.3 is 25.0 Å². The lowest BCUT2D eigenvalue weighted by Gasteiger charge is -2.24. The highest BCUT2D eigenvalue weighted by Crippen LogP contribution is 2.36. The highest BCUT2D eigenvalue weighted by Gasteiger charge is 2.39. The van der Waals surface area contributed by atoms with Gasteiger partial charge in [0.15, 0.2) is 6.29 Å². The second-order valence-electron chi connectivity index (χ2n) is 6.69. The molecule has 154 valence electrons. The summed E-state index contributed by atoms with van der Waals surface area (Å²) in [5.74, 6) is -0.212. The van der Waals surface area contributed by atoms with E-state index in [1.165, 1.54) is 0 Å². The Morgan fingerprint density at radius 1 is 1.07 bits per heavy atom. The van der Waals surface area contributed by atoms with Crippen LogP contribution in [0.5, 0.6) is 0 Å². The molecule has 1 heterocycles. The van der Waals surface area contributed by atoms with E-state index in [1.54, 1.807) is 4.90 Å². The molecule has 2 N–H and O–H groups in total. The molecule has 0 saturated carbocycles. The van der Waals surface area contributed by atoms with Gasteiger partial charge in [-0.15, -0.1) is 0 Å². The maximum atomic E-state index is 13.1. The molecule has 0 aromatic heterocycles. The predicted molar refractivity (Wildman–Crippen MR) is 112 cm³/mol. The first-order chi connectivity index (χ1) is 14.0. The summed E-state index contributed by atoms with van der Waals surface area (Å²) in [5.41, 5.74) is 3.15. The number of carbonyl (C=O) groups excluding carboxylic acids is 2. The van der Waals surface area contributed by atoms with Crippen molar-refractivity contribution in [3.05, 3.63) is 59.7 Å². The first-order valence-electron chi connectivity index (χ1n) is 9.81. The van der Waals surface area contributed by atoms with Gasteiger partial charge in [0.25, 0.3) is 5.91 Å². The Bertz CT molecular complexity index is 865. The first-order valence-corrected chi connectivity index (χ1v) is 9.81. The molecule has 0 fully saturated rings. The minimum absolute atomic E-state index is 0.212. The second-order valence-corrected chi connectivity index (χ2v) is 6.69. The fourth-order valence-electron chi connectivity index (χ4n) is 3.39. The fourth-order valence-corrected chi connectivity index (χ4v) is 3.39. The molecule has 0 saturated heterocycles. The van der Waals surface area contributed by atoms with Crippen LogP contribution in [-0.2, 0) is 14.3 Å². The van der Waals surface area contributed by atoms with E-state index in [2.05, 4.69) is 10.6 Å². The van der Waals surface area contributed by atoms with Gasteiger partial charge in [-0.3, -0.25) is 4.79 Å². The van der Waals surface area contributed by atoms with Crippen LogP contribution < -0.4 is 15.5 Å². The zero-order chi connectivity index (χ0) is 20.8. The van der Waals surface area contributed by atoms with E-state index in [0.29, 0.717) is 18.9 Å². The van der Waals surface area contributed by atoms with E-state index < -0.39 is 18.4 Å². The number of nitrogens with one attached hydrogen (secondary N) is 2. The van der Waals surface area contributed by atoms with E-state index in [0.717, 1.165) is 16.8 Å². The Morgan fingerprint density at radius 3 is 2.41 bits per heavy atom. The summed E-state index contributed by atoms with van der Waals surface area (Å²) in [4.78, 5) is 27.3. The molecule has 3 amide bonds. The van der Waals surface area contributed by atoms with Crippen molar-refractivity contribution in [2.45, 2.75) is 33.1 Å². The summed E-state index contributed by atoms with van der Waals surface area (Å²) < 4.78 is 11.2. The third-order valence-corrected chi connectivity index (χ3v) is 4.76. The quantitative estimate of drug-likeness (QED) is 0.667. The van der Waals surface area contributed by atoms with Crippen LogP contribution >= 0.6 is 0 Å². The molecule has 2 aromatic carbocycles. The largest absolute Gasteiger partial charge is 0.351 e. The topological polar surface area (TPSA) is 79.9 Å². The van der Waals surface area contributed by atoms with Gasteiger partial charge in [0.1, 0.15) is 6.04 Å². The normalized spacial score (nSPS) is 15.5. The molecule has 0 aliphatic carbocycles. The first kappa shape index (κ1) is 20.8. The van der Waals surface area contributed by atoms with Crippen molar-refractivity contribution in [2.24, 2.45) is 0 Å². The maximum absolute atomic E-state index is 13.1. The van der Waals surface area contributed by atoms with Gasteiger partial charge in [-0.25, -0.2) is 4.79 Å². The fraction of sp³-hybridized carbons (Fsp3) is 0.364. The Labute approximate surface area is 171 Å². The molecule has 29 heavy (non-hydrogen) atoms. The van der Waals surface area contributed by atoms with E-state index in [9.17, 15) is 9.59 Å². The van der Waals surface area contributed by atoms with Gasteiger partial charge in [-0.2, -0.15) is 0 Å². The van der Waals surface area contributed by atoms with Crippen LogP contribution in [-0.4, -0.2) is 38.0 Å². The number of fused-ring (bicyclic) bond motifs is 1. The number of para-hydroxylation sites is 2. The minimum Gasteiger partial charge on any atom is -0.351 e. The molecule has 0 bridgehead atoms. The lowest BCUT2D eigenvalue weighted by Crippen LogP contribution is -2.43. The standard InChI is InChI=1S/C22H27N3O4/c1-4-28-19(29-5-2)14-25-18-13-9-7-11-16(18)20(21(25)26)24-22(27)23-17-12-8-6-10-15(17)3/h6-13,19-20H,4-5,14H2,1-3H3,(H2,23,24,27). The number of amides is 3. The van der Waals surface area contributed by atoms with Gasteiger partial charge in [0, 0.05) is 30.2 Å². The minimum atomic E-state index is -0.765. The van der Waals surface area contributed by atoms with Gasteiger partial charge in [0.05, 0.1) is 6.54 Å². The van der Waals surface area contributed by atoms with Crippen molar-refractivity contribution < 1.29 is 19.1 Å². The number of hydrogen-bond donors (Lipinski definition) is 2. The van der Waals surface area contributed by atoms with Crippen LogP contribution in [0.25, 0.3) is 0 Å². The van der Waals surface area contributed by atoms with Crippen LogP contribution in [0.2, 0.25) is 0 Å². The van der Waals surface area contributed by atoms with Crippen molar-refractivity contribution in [1.29, 1.82) is 0 Å². The van der Waals surface area contributed by atoms with Crippen LogP contribution in [0.3, 0.4) is 0 Å². The summed E-state index contributed by atoms with van der Waals surface area (Å²) in [6.07, 6.45) is -0.526. The van der Waals surface area contributed by atoms with Crippen molar-refractivity contribution in [1.82, 2.24) is 5.32 Å². The highest BCUT2D eigenvalue weighted by molar-refractivity contribution is 6.07. The Hall–Kier alpha value is -2.90. The number of ether oxygens (including phenoxy) is 2. The molecule has 1 aliphatic heterocycles. The Balaban J connectivity index is 1.77. The van der Waals surface area contributed by atoms with Crippen LogP contribution in [0.4, 0.5) is 16.2 Å². The molecule has 0 spiro atoms. The number of carbonyl (C=O) groups is 2. The SMILES string of the molecule is CCOC(CN1C(=O)C(NC(=O)Nc2ccccc2C)c2ccccc21)OCC. The number of aryl methyl sites for hydroxylation is 1. The molecular formula is C22H27N3O4. The third kappa shape index (κ3) is 4.75. The van der Waals surface area contributed by atoms with Crippen LogP contribution in [0.1, 0.15) is 31.0 Å². The molecule has 1 unspecified atom stereocenters. The molecule has 0 radical (unpaired) electrons. The van der Waals surface area contributed by atoms with E-state index >= 15 is 0 Å². The average Bonchev–Trinajstić information content (AvgIpc) is 2.96. The average molecular weight is 397 g/mol. The zero-order valence-electron chi connectivity index (χ0n) is 17.0. The van der Waals surface area contributed by atoms with Crippen LogP contribution in [0.15, 0.2) is 48.5 Å². The molecule has 1 aliphatic rings. The number of benzene rings is 2. The van der Waals surface area contributed by atoms with Crippen molar-refractivity contribution in [3.63, 3.8) is 0 Å².